The third-order valence-electron chi connectivity index (χ3n) is 3.72. The Bertz CT molecular complexity index is 491. The molecule has 2 saturated heterocycles. The Kier molecular flexibility index (Phi) is 2.18. The molecule has 4 nitrogen and oxygen atoms in total. The molecule has 2 aliphatic heterocycles. The normalized spacial score (nSPS) is 26.6. The Morgan fingerprint density at radius 3 is 2.65 bits per heavy atom. The zero-order chi connectivity index (χ0) is 12.0. The lowest BCUT2D eigenvalue weighted by Gasteiger charge is -2.46. The Morgan fingerprint density at radius 1 is 1.29 bits per heavy atom. The van der Waals surface area contributed by atoms with E-state index in [0.29, 0.717) is 18.2 Å². The van der Waals surface area contributed by atoms with Crippen LogP contribution in [0.15, 0.2) is 24.3 Å². The molecule has 88 valence electrons. The van der Waals surface area contributed by atoms with E-state index in [9.17, 15) is 9.59 Å². The molecule has 17 heavy (non-hydrogen) atoms. The highest BCUT2D eigenvalue weighted by Crippen LogP contribution is 2.42. The Labute approximate surface area is 98.9 Å². The molecule has 1 aliphatic carbocycles. The van der Waals surface area contributed by atoms with Crippen molar-refractivity contribution >= 4 is 17.6 Å². The van der Waals surface area contributed by atoms with Crippen molar-refractivity contribution in [3.05, 3.63) is 29.8 Å². The molecule has 0 radical (unpaired) electrons. The third-order valence-corrected chi connectivity index (χ3v) is 3.72. The number of benzene rings is 1. The van der Waals surface area contributed by atoms with Gasteiger partial charge in [-0.05, 0) is 30.9 Å². The van der Waals surface area contributed by atoms with Gasteiger partial charge in [-0.2, -0.15) is 0 Å². The van der Waals surface area contributed by atoms with E-state index in [-0.39, 0.29) is 17.4 Å². The lowest BCUT2D eigenvalue weighted by Crippen LogP contribution is -2.53. The number of carboxylic acids is 1. The van der Waals surface area contributed by atoms with Gasteiger partial charge in [-0.25, -0.2) is 4.79 Å². The zero-order valence-corrected chi connectivity index (χ0v) is 9.30. The summed E-state index contributed by atoms with van der Waals surface area (Å²) < 4.78 is 0. The maximum Gasteiger partial charge on any atom is 0.337 e. The second-order valence-corrected chi connectivity index (χ2v) is 4.81. The fourth-order valence-corrected chi connectivity index (χ4v) is 2.76. The lowest BCUT2D eigenvalue weighted by atomic mass is 9.70. The van der Waals surface area contributed by atoms with E-state index in [1.807, 2.05) is 0 Å². The number of fused-ring (bicyclic) bond motifs is 2. The Hall–Kier alpha value is -1.84. The number of carbonyl (C=O) groups is 2. The smallest absolute Gasteiger partial charge is 0.337 e. The van der Waals surface area contributed by atoms with E-state index in [2.05, 4.69) is 0 Å². The van der Waals surface area contributed by atoms with Crippen LogP contribution in [0, 0.1) is 11.8 Å². The first-order chi connectivity index (χ1) is 8.16. The highest BCUT2D eigenvalue weighted by molar-refractivity contribution is 6.03. The quantitative estimate of drug-likeness (QED) is 0.843. The van der Waals surface area contributed by atoms with Crippen LogP contribution in [-0.4, -0.2) is 23.5 Å². The van der Waals surface area contributed by atoms with Crippen molar-refractivity contribution in [2.45, 2.75) is 12.8 Å². The van der Waals surface area contributed by atoms with Crippen molar-refractivity contribution in [3.63, 3.8) is 0 Å². The van der Waals surface area contributed by atoms with E-state index >= 15 is 0 Å². The molecule has 1 amide bonds. The van der Waals surface area contributed by atoms with Crippen molar-refractivity contribution in [2.24, 2.45) is 11.8 Å². The first kappa shape index (κ1) is 10.3. The average molecular weight is 231 g/mol. The van der Waals surface area contributed by atoms with Crippen molar-refractivity contribution in [1.82, 2.24) is 0 Å². The molecule has 2 heterocycles. The van der Waals surface area contributed by atoms with Crippen LogP contribution < -0.4 is 4.90 Å². The van der Waals surface area contributed by atoms with Crippen LogP contribution in [0.5, 0.6) is 0 Å². The Balaban J connectivity index is 1.99. The van der Waals surface area contributed by atoms with Crippen molar-refractivity contribution < 1.29 is 14.7 Å². The van der Waals surface area contributed by atoms with Crippen LogP contribution in [0.1, 0.15) is 23.2 Å². The summed E-state index contributed by atoms with van der Waals surface area (Å²) >= 11 is 0. The van der Waals surface area contributed by atoms with Crippen LogP contribution in [0.3, 0.4) is 0 Å². The van der Waals surface area contributed by atoms with Crippen LogP contribution in [0.25, 0.3) is 0 Å². The van der Waals surface area contributed by atoms with E-state index < -0.39 is 5.97 Å². The fraction of sp³-hybridized carbons (Fsp3) is 0.385. The summed E-state index contributed by atoms with van der Waals surface area (Å²) in [4.78, 5) is 24.8. The molecule has 0 unspecified atom stereocenters. The molecule has 1 aromatic carbocycles. The molecular formula is C13H13NO3. The molecule has 4 rings (SSSR count). The van der Waals surface area contributed by atoms with Gasteiger partial charge >= 0.3 is 5.97 Å². The van der Waals surface area contributed by atoms with Gasteiger partial charge in [-0.15, -0.1) is 0 Å². The topological polar surface area (TPSA) is 57.6 Å². The van der Waals surface area contributed by atoms with Crippen molar-refractivity contribution in [2.75, 3.05) is 11.4 Å². The molecule has 0 aromatic heterocycles. The molecule has 3 fully saturated rings. The largest absolute Gasteiger partial charge is 0.478 e. The molecule has 3 aliphatic rings. The fourth-order valence-electron chi connectivity index (χ4n) is 2.76. The maximum absolute atomic E-state index is 12.1. The molecular weight excluding hydrogens is 218 g/mol. The minimum Gasteiger partial charge on any atom is -0.478 e. The molecule has 0 atom stereocenters. The van der Waals surface area contributed by atoms with E-state index in [4.69, 9.17) is 5.11 Å². The second kappa shape index (κ2) is 3.58. The number of amides is 1. The summed E-state index contributed by atoms with van der Waals surface area (Å²) in [6, 6.07) is 6.72. The molecule has 4 heteroatoms. The summed E-state index contributed by atoms with van der Waals surface area (Å²) in [7, 11) is 0. The molecule has 1 saturated carbocycles. The number of hydrogen-bond donors (Lipinski definition) is 1. The van der Waals surface area contributed by atoms with Gasteiger partial charge in [0.05, 0.1) is 11.3 Å². The zero-order valence-electron chi connectivity index (χ0n) is 9.30. The molecule has 2 bridgehead atoms. The first-order valence-electron chi connectivity index (χ1n) is 5.80. The van der Waals surface area contributed by atoms with Gasteiger partial charge < -0.3 is 10.0 Å². The second-order valence-electron chi connectivity index (χ2n) is 4.81. The maximum atomic E-state index is 12.1. The number of hydrogen-bond acceptors (Lipinski definition) is 2. The van der Waals surface area contributed by atoms with Gasteiger partial charge in [0.2, 0.25) is 5.91 Å². The number of para-hydroxylation sites is 1. The van der Waals surface area contributed by atoms with Gasteiger partial charge in [-0.1, -0.05) is 12.1 Å². The molecule has 0 spiro atoms. The van der Waals surface area contributed by atoms with Gasteiger partial charge in [0.25, 0.3) is 0 Å². The molecule has 1 N–H and O–H groups in total. The third kappa shape index (κ3) is 1.52. The van der Waals surface area contributed by atoms with Gasteiger partial charge in [0.15, 0.2) is 0 Å². The standard InChI is InChI=1S/C13H13NO3/c15-12-9-5-8(6-9)7-14(12)11-4-2-1-3-10(11)13(16)17/h1-4,8-9H,5-7H2,(H,16,17). The number of nitrogens with zero attached hydrogens (tertiary/aromatic N) is 1. The summed E-state index contributed by atoms with van der Waals surface area (Å²) in [5.41, 5.74) is 0.751. The number of aromatic carboxylic acids is 1. The van der Waals surface area contributed by atoms with Crippen LogP contribution in [0.2, 0.25) is 0 Å². The van der Waals surface area contributed by atoms with Gasteiger partial charge in [0, 0.05) is 12.5 Å². The highest BCUT2D eigenvalue weighted by Gasteiger charge is 2.44. The highest BCUT2D eigenvalue weighted by atomic mass is 16.4. The van der Waals surface area contributed by atoms with E-state index in [1.54, 1.807) is 29.2 Å². The van der Waals surface area contributed by atoms with Crippen molar-refractivity contribution in [3.8, 4) is 0 Å². The Morgan fingerprint density at radius 2 is 2.00 bits per heavy atom. The van der Waals surface area contributed by atoms with E-state index in [1.165, 1.54) is 0 Å². The summed E-state index contributed by atoms with van der Waals surface area (Å²) in [5.74, 6) is -0.219. The number of piperidine rings is 2. The van der Waals surface area contributed by atoms with Crippen LogP contribution in [-0.2, 0) is 4.79 Å². The molecule has 1 aromatic rings. The number of carboxylic acid groups (broad SMARTS) is 1. The van der Waals surface area contributed by atoms with Crippen LogP contribution in [0.4, 0.5) is 5.69 Å². The summed E-state index contributed by atoms with van der Waals surface area (Å²) in [6.45, 7) is 0.666. The number of rotatable bonds is 2. The average Bonchev–Trinajstić information content (AvgIpc) is 2.27. The number of carbonyl (C=O) groups excluding carboxylic acids is 1. The lowest BCUT2D eigenvalue weighted by molar-refractivity contribution is -0.129. The van der Waals surface area contributed by atoms with Gasteiger partial charge in [0.1, 0.15) is 0 Å². The predicted octanol–water partition coefficient (Wildman–Crippen LogP) is 1.76. The van der Waals surface area contributed by atoms with Crippen LogP contribution >= 0.6 is 0 Å². The number of anilines is 1. The predicted molar refractivity (Wildman–Crippen MR) is 62.0 cm³/mol. The minimum atomic E-state index is -0.979. The van der Waals surface area contributed by atoms with E-state index in [0.717, 1.165) is 12.8 Å². The summed E-state index contributed by atoms with van der Waals surface area (Å²) in [5, 5.41) is 9.12. The monoisotopic (exact) mass is 231 g/mol. The summed E-state index contributed by atoms with van der Waals surface area (Å²) in [6.07, 6.45) is 1.95. The minimum absolute atomic E-state index is 0.0844. The van der Waals surface area contributed by atoms with Gasteiger partial charge in [-0.3, -0.25) is 4.79 Å². The van der Waals surface area contributed by atoms with Crippen molar-refractivity contribution in [1.29, 1.82) is 0 Å². The SMILES string of the molecule is O=C(O)c1ccccc1N1CC2CC(C2)C1=O. The first-order valence-corrected chi connectivity index (χ1v) is 5.80.